The number of hydrogen-bond acceptors (Lipinski definition) is 4. The Morgan fingerprint density at radius 2 is 1.60 bits per heavy atom. The molecule has 4 nitrogen and oxygen atoms in total. The van der Waals surface area contributed by atoms with Crippen LogP contribution in [-0.4, -0.2) is 9.97 Å². The molecule has 3 rings (SSSR count). The van der Waals surface area contributed by atoms with Crippen LogP contribution in [0.1, 0.15) is 11.3 Å². The Bertz CT molecular complexity index is 882. The Labute approximate surface area is 142 Å². The molecule has 0 unspecified atom stereocenters. The van der Waals surface area contributed by atoms with Gasteiger partial charge in [-0.2, -0.15) is 4.98 Å². The fraction of sp³-hybridized carbons (Fsp3) is 0.111. The Kier molecular flexibility index (Phi) is 4.83. The zero-order valence-corrected chi connectivity index (χ0v) is 13.4. The van der Waals surface area contributed by atoms with Crippen molar-refractivity contribution in [3.63, 3.8) is 0 Å². The summed E-state index contributed by atoms with van der Waals surface area (Å²) in [6.45, 7) is 2.19. The summed E-state index contributed by atoms with van der Waals surface area (Å²) in [5.74, 6) is -0.946. The van der Waals surface area contributed by atoms with Gasteiger partial charge >= 0.3 is 0 Å². The van der Waals surface area contributed by atoms with Crippen molar-refractivity contribution in [3.8, 4) is 0 Å². The minimum absolute atomic E-state index is 0.115. The van der Waals surface area contributed by atoms with E-state index < -0.39 is 11.6 Å². The van der Waals surface area contributed by atoms with E-state index in [4.69, 9.17) is 0 Å². The summed E-state index contributed by atoms with van der Waals surface area (Å²) < 4.78 is 39.6. The molecule has 0 atom stereocenters. The second-order valence-electron chi connectivity index (χ2n) is 5.45. The van der Waals surface area contributed by atoms with Crippen molar-refractivity contribution >= 4 is 17.5 Å². The monoisotopic (exact) mass is 344 g/mol. The van der Waals surface area contributed by atoms with Crippen LogP contribution in [0.25, 0.3) is 0 Å². The molecule has 25 heavy (non-hydrogen) atoms. The third-order valence-electron chi connectivity index (χ3n) is 3.41. The molecule has 0 bridgehead atoms. The lowest BCUT2D eigenvalue weighted by Gasteiger charge is -2.10. The molecular weight excluding hydrogens is 329 g/mol. The number of hydrogen-bond donors (Lipinski definition) is 2. The van der Waals surface area contributed by atoms with Gasteiger partial charge in [-0.25, -0.2) is 18.2 Å². The number of anilines is 3. The van der Waals surface area contributed by atoms with Gasteiger partial charge in [-0.15, -0.1) is 0 Å². The standard InChI is InChI=1S/C18H15F3N4/c1-11-8-17(24-16-7-6-14(20)9-15(16)21)25-18(23-11)22-10-12-2-4-13(19)5-3-12/h2-9H,10H2,1H3,(H2,22,23,24,25). The molecule has 0 saturated heterocycles. The summed E-state index contributed by atoms with van der Waals surface area (Å²) in [5.41, 5.74) is 1.65. The first kappa shape index (κ1) is 16.8. The van der Waals surface area contributed by atoms with E-state index in [1.54, 1.807) is 25.1 Å². The first-order chi connectivity index (χ1) is 12.0. The normalized spacial score (nSPS) is 10.6. The van der Waals surface area contributed by atoms with Crippen molar-refractivity contribution in [1.82, 2.24) is 9.97 Å². The number of aryl methyl sites for hydroxylation is 1. The van der Waals surface area contributed by atoms with Crippen molar-refractivity contribution in [2.24, 2.45) is 0 Å². The zero-order chi connectivity index (χ0) is 17.8. The Balaban J connectivity index is 1.74. The van der Waals surface area contributed by atoms with Crippen LogP contribution in [0.5, 0.6) is 0 Å². The molecule has 1 aromatic heterocycles. The van der Waals surface area contributed by atoms with Crippen LogP contribution >= 0.6 is 0 Å². The number of halogens is 3. The molecule has 2 N–H and O–H groups in total. The van der Waals surface area contributed by atoms with Gasteiger partial charge in [-0.3, -0.25) is 0 Å². The lowest BCUT2D eigenvalue weighted by atomic mass is 10.2. The summed E-state index contributed by atoms with van der Waals surface area (Å²) in [5, 5.41) is 5.84. The largest absolute Gasteiger partial charge is 0.350 e. The van der Waals surface area contributed by atoms with Gasteiger partial charge in [0.05, 0.1) is 5.69 Å². The number of benzene rings is 2. The fourth-order valence-electron chi connectivity index (χ4n) is 2.22. The molecule has 0 fully saturated rings. The number of nitrogens with one attached hydrogen (secondary N) is 2. The van der Waals surface area contributed by atoms with Gasteiger partial charge in [0.15, 0.2) is 0 Å². The number of rotatable bonds is 5. The van der Waals surface area contributed by atoms with Crippen molar-refractivity contribution in [2.45, 2.75) is 13.5 Å². The van der Waals surface area contributed by atoms with Crippen LogP contribution in [0.15, 0.2) is 48.5 Å². The van der Waals surface area contributed by atoms with Crippen molar-refractivity contribution in [3.05, 3.63) is 77.2 Å². The molecule has 0 aliphatic carbocycles. The van der Waals surface area contributed by atoms with Crippen LogP contribution in [0.3, 0.4) is 0 Å². The van der Waals surface area contributed by atoms with E-state index in [1.165, 1.54) is 18.2 Å². The molecule has 0 aliphatic rings. The lowest BCUT2D eigenvalue weighted by Crippen LogP contribution is -2.06. The van der Waals surface area contributed by atoms with Crippen molar-refractivity contribution in [1.29, 1.82) is 0 Å². The molecule has 0 aliphatic heterocycles. The maximum Gasteiger partial charge on any atom is 0.225 e. The quantitative estimate of drug-likeness (QED) is 0.712. The predicted molar refractivity (Wildman–Crippen MR) is 90.1 cm³/mol. The predicted octanol–water partition coefficient (Wildman–Crippen LogP) is 4.56. The van der Waals surface area contributed by atoms with E-state index in [0.29, 0.717) is 24.0 Å². The Morgan fingerprint density at radius 1 is 0.880 bits per heavy atom. The van der Waals surface area contributed by atoms with Gasteiger partial charge in [0, 0.05) is 24.4 Å². The minimum atomic E-state index is -0.711. The third kappa shape index (κ3) is 4.47. The van der Waals surface area contributed by atoms with E-state index in [-0.39, 0.29) is 11.5 Å². The first-order valence-electron chi connectivity index (χ1n) is 7.56. The number of nitrogens with zero attached hydrogens (tertiary/aromatic N) is 2. The lowest BCUT2D eigenvalue weighted by molar-refractivity contribution is 0.586. The smallest absolute Gasteiger partial charge is 0.225 e. The third-order valence-corrected chi connectivity index (χ3v) is 3.41. The average Bonchev–Trinajstić information content (AvgIpc) is 2.56. The topological polar surface area (TPSA) is 49.8 Å². The van der Waals surface area contributed by atoms with Crippen LogP contribution in [-0.2, 0) is 6.54 Å². The van der Waals surface area contributed by atoms with Gasteiger partial charge in [-0.05, 0) is 36.8 Å². The number of aromatic nitrogens is 2. The second-order valence-corrected chi connectivity index (χ2v) is 5.45. The highest BCUT2D eigenvalue weighted by Gasteiger charge is 2.07. The molecule has 0 spiro atoms. The van der Waals surface area contributed by atoms with E-state index >= 15 is 0 Å². The molecule has 3 aromatic rings. The Morgan fingerprint density at radius 3 is 2.32 bits per heavy atom. The van der Waals surface area contributed by atoms with Crippen LogP contribution in [0, 0.1) is 24.4 Å². The summed E-state index contributed by atoms with van der Waals surface area (Å²) >= 11 is 0. The molecular formula is C18H15F3N4. The van der Waals surface area contributed by atoms with Crippen LogP contribution in [0.4, 0.5) is 30.6 Å². The van der Waals surface area contributed by atoms with Crippen molar-refractivity contribution in [2.75, 3.05) is 10.6 Å². The maximum atomic E-state index is 13.7. The van der Waals surface area contributed by atoms with Gasteiger partial charge in [0.2, 0.25) is 5.95 Å². The van der Waals surface area contributed by atoms with Gasteiger partial charge < -0.3 is 10.6 Å². The molecule has 0 radical (unpaired) electrons. The minimum Gasteiger partial charge on any atom is -0.350 e. The summed E-state index contributed by atoms with van der Waals surface area (Å²) in [6.07, 6.45) is 0. The molecule has 0 amide bonds. The summed E-state index contributed by atoms with van der Waals surface area (Å²) in [6, 6.07) is 11.0. The summed E-state index contributed by atoms with van der Waals surface area (Å²) in [4.78, 5) is 8.51. The van der Waals surface area contributed by atoms with E-state index in [0.717, 1.165) is 17.7 Å². The SMILES string of the molecule is Cc1cc(Nc2ccc(F)cc2F)nc(NCc2ccc(F)cc2)n1. The molecule has 7 heteroatoms. The molecule has 0 saturated carbocycles. The highest BCUT2D eigenvalue weighted by atomic mass is 19.1. The van der Waals surface area contributed by atoms with Gasteiger partial charge in [-0.1, -0.05) is 12.1 Å². The van der Waals surface area contributed by atoms with Gasteiger partial charge in [0.1, 0.15) is 23.3 Å². The highest BCUT2D eigenvalue weighted by Crippen LogP contribution is 2.21. The van der Waals surface area contributed by atoms with Crippen molar-refractivity contribution < 1.29 is 13.2 Å². The maximum absolute atomic E-state index is 13.7. The molecule has 2 aromatic carbocycles. The fourth-order valence-corrected chi connectivity index (χ4v) is 2.22. The van der Waals surface area contributed by atoms with Crippen LogP contribution in [0.2, 0.25) is 0 Å². The first-order valence-corrected chi connectivity index (χ1v) is 7.56. The second kappa shape index (κ2) is 7.21. The zero-order valence-electron chi connectivity index (χ0n) is 13.4. The van der Waals surface area contributed by atoms with Gasteiger partial charge in [0.25, 0.3) is 0 Å². The van der Waals surface area contributed by atoms with Crippen LogP contribution < -0.4 is 10.6 Å². The molecule has 128 valence electrons. The average molecular weight is 344 g/mol. The van der Waals surface area contributed by atoms with E-state index in [2.05, 4.69) is 20.6 Å². The Hall–Kier alpha value is -3.09. The van der Waals surface area contributed by atoms with E-state index in [1.807, 2.05) is 0 Å². The molecule has 1 heterocycles. The highest BCUT2D eigenvalue weighted by molar-refractivity contribution is 5.58. The van der Waals surface area contributed by atoms with E-state index in [9.17, 15) is 13.2 Å². The summed E-state index contributed by atoms with van der Waals surface area (Å²) in [7, 11) is 0.